The molecule has 18 heavy (non-hydrogen) atoms. The van der Waals surface area contributed by atoms with Crippen LogP contribution in [0, 0.1) is 0 Å². The van der Waals surface area contributed by atoms with Crippen molar-refractivity contribution in [2.45, 2.75) is 25.8 Å². The lowest BCUT2D eigenvalue weighted by molar-refractivity contribution is -0.142. The standard InChI is InChI=1S/C13H19NO3.ClH/c1-10(14)3-4-11-5-7-12(8-6-11)17-9-13(15)16-2;/h5-8,10H,3-4,9,14H2,1-2H3;1H/t10-;/m0./s1. The first kappa shape index (κ1) is 16.7. The van der Waals surface area contributed by atoms with Crippen molar-refractivity contribution in [1.29, 1.82) is 0 Å². The molecule has 0 saturated carbocycles. The highest BCUT2D eigenvalue weighted by molar-refractivity contribution is 5.85. The highest BCUT2D eigenvalue weighted by atomic mass is 35.5. The molecule has 0 saturated heterocycles. The Balaban J connectivity index is 0.00000289. The van der Waals surface area contributed by atoms with Crippen LogP contribution in [0.5, 0.6) is 5.75 Å². The number of halogens is 1. The molecule has 0 aliphatic heterocycles. The van der Waals surface area contributed by atoms with E-state index in [0.717, 1.165) is 12.8 Å². The van der Waals surface area contributed by atoms with Crippen molar-refractivity contribution >= 4 is 18.4 Å². The molecule has 1 aromatic rings. The Morgan fingerprint density at radius 3 is 2.44 bits per heavy atom. The topological polar surface area (TPSA) is 61.5 Å². The lowest BCUT2D eigenvalue weighted by atomic mass is 10.1. The van der Waals surface area contributed by atoms with E-state index < -0.39 is 0 Å². The van der Waals surface area contributed by atoms with Crippen molar-refractivity contribution in [2.75, 3.05) is 13.7 Å². The summed E-state index contributed by atoms with van der Waals surface area (Å²) in [6.07, 6.45) is 1.91. The Morgan fingerprint density at radius 2 is 1.94 bits per heavy atom. The van der Waals surface area contributed by atoms with Crippen LogP contribution in [0.25, 0.3) is 0 Å². The fourth-order valence-corrected chi connectivity index (χ4v) is 1.35. The van der Waals surface area contributed by atoms with Gasteiger partial charge in [-0.05, 0) is 37.5 Å². The molecule has 102 valence electrons. The van der Waals surface area contributed by atoms with Crippen molar-refractivity contribution in [1.82, 2.24) is 0 Å². The lowest BCUT2D eigenvalue weighted by Gasteiger charge is -2.07. The number of carbonyl (C=O) groups excluding carboxylic acids is 1. The molecule has 5 heteroatoms. The summed E-state index contributed by atoms with van der Waals surface area (Å²) >= 11 is 0. The van der Waals surface area contributed by atoms with Crippen LogP contribution in [0.1, 0.15) is 18.9 Å². The monoisotopic (exact) mass is 273 g/mol. The molecule has 0 aromatic heterocycles. The van der Waals surface area contributed by atoms with Crippen LogP contribution < -0.4 is 10.5 Å². The molecule has 0 aliphatic carbocycles. The van der Waals surface area contributed by atoms with Crippen LogP contribution in [-0.4, -0.2) is 25.7 Å². The van der Waals surface area contributed by atoms with Crippen LogP contribution in [0.3, 0.4) is 0 Å². The number of carbonyl (C=O) groups is 1. The fraction of sp³-hybridized carbons (Fsp3) is 0.462. The maximum absolute atomic E-state index is 10.9. The van der Waals surface area contributed by atoms with E-state index >= 15 is 0 Å². The van der Waals surface area contributed by atoms with Crippen LogP contribution in [-0.2, 0) is 16.0 Å². The first-order chi connectivity index (χ1) is 8.11. The zero-order chi connectivity index (χ0) is 12.7. The van der Waals surface area contributed by atoms with Gasteiger partial charge < -0.3 is 15.2 Å². The van der Waals surface area contributed by atoms with E-state index in [1.54, 1.807) is 0 Å². The SMILES string of the molecule is COC(=O)COc1ccc(CC[C@H](C)N)cc1.Cl. The van der Waals surface area contributed by atoms with E-state index in [-0.39, 0.29) is 31.0 Å². The quantitative estimate of drug-likeness (QED) is 0.805. The van der Waals surface area contributed by atoms with Gasteiger partial charge in [0.05, 0.1) is 7.11 Å². The fourth-order valence-electron chi connectivity index (χ4n) is 1.35. The predicted molar refractivity (Wildman–Crippen MR) is 73.2 cm³/mol. The average Bonchev–Trinajstić information content (AvgIpc) is 2.34. The molecule has 0 bridgehead atoms. The van der Waals surface area contributed by atoms with E-state index in [2.05, 4.69) is 4.74 Å². The summed E-state index contributed by atoms with van der Waals surface area (Å²) in [6.45, 7) is 1.93. The maximum atomic E-state index is 10.9. The number of esters is 1. The number of ether oxygens (including phenoxy) is 2. The number of benzene rings is 1. The minimum Gasteiger partial charge on any atom is -0.482 e. The van der Waals surface area contributed by atoms with Crippen molar-refractivity contribution in [3.05, 3.63) is 29.8 Å². The Morgan fingerprint density at radius 1 is 1.33 bits per heavy atom. The largest absolute Gasteiger partial charge is 0.482 e. The minimum atomic E-state index is -0.383. The lowest BCUT2D eigenvalue weighted by Crippen LogP contribution is -2.15. The number of hydrogen-bond acceptors (Lipinski definition) is 4. The van der Waals surface area contributed by atoms with Crippen LogP contribution in [0.15, 0.2) is 24.3 Å². The zero-order valence-electron chi connectivity index (χ0n) is 10.7. The number of hydrogen-bond donors (Lipinski definition) is 1. The number of methoxy groups -OCH3 is 1. The maximum Gasteiger partial charge on any atom is 0.343 e. The molecule has 1 atom stereocenters. The molecular formula is C13H20ClNO3. The second-order valence-corrected chi connectivity index (χ2v) is 4.02. The third-order valence-corrected chi connectivity index (χ3v) is 2.40. The molecule has 0 aliphatic rings. The van der Waals surface area contributed by atoms with Crippen molar-refractivity contribution in [2.24, 2.45) is 5.73 Å². The molecular weight excluding hydrogens is 254 g/mol. The second-order valence-electron chi connectivity index (χ2n) is 4.02. The first-order valence-corrected chi connectivity index (χ1v) is 5.66. The number of rotatable bonds is 6. The van der Waals surface area contributed by atoms with E-state index in [9.17, 15) is 4.79 Å². The molecule has 0 fully saturated rings. The molecule has 0 amide bonds. The predicted octanol–water partition coefficient (Wildman–Crippen LogP) is 1.94. The van der Waals surface area contributed by atoms with Gasteiger partial charge in [0.1, 0.15) is 5.75 Å². The molecule has 0 radical (unpaired) electrons. The van der Waals surface area contributed by atoms with Crippen LogP contribution >= 0.6 is 12.4 Å². The molecule has 4 nitrogen and oxygen atoms in total. The van der Waals surface area contributed by atoms with Gasteiger partial charge in [0.25, 0.3) is 0 Å². The molecule has 1 aromatic carbocycles. The number of aryl methyl sites for hydroxylation is 1. The summed E-state index contributed by atoms with van der Waals surface area (Å²) in [7, 11) is 1.34. The molecule has 0 spiro atoms. The van der Waals surface area contributed by atoms with Gasteiger partial charge in [0.15, 0.2) is 6.61 Å². The Bertz CT molecular complexity index is 352. The highest BCUT2D eigenvalue weighted by Gasteiger charge is 2.02. The number of nitrogens with two attached hydrogens (primary N) is 1. The van der Waals surface area contributed by atoms with Gasteiger partial charge in [-0.15, -0.1) is 12.4 Å². The Hall–Kier alpha value is -1.26. The van der Waals surface area contributed by atoms with Gasteiger partial charge in [0, 0.05) is 6.04 Å². The van der Waals surface area contributed by atoms with Gasteiger partial charge in [0.2, 0.25) is 0 Å². The molecule has 0 unspecified atom stereocenters. The van der Waals surface area contributed by atoms with Gasteiger partial charge in [-0.1, -0.05) is 12.1 Å². The Labute approximate surface area is 114 Å². The van der Waals surface area contributed by atoms with Crippen LogP contribution in [0.2, 0.25) is 0 Å². The van der Waals surface area contributed by atoms with Gasteiger partial charge >= 0.3 is 5.97 Å². The summed E-state index contributed by atoms with van der Waals surface area (Å²) in [6, 6.07) is 7.87. The smallest absolute Gasteiger partial charge is 0.343 e. The normalized spacial score (nSPS) is 11.3. The van der Waals surface area contributed by atoms with E-state index in [1.165, 1.54) is 12.7 Å². The van der Waals surface area contributed by atoms with Crippen LogP contribution in [0.4, 0.5) is 0 Å². The van der Waals surface area contributed by atoms with Gasteiger partial charge in [-0.2, -0.15) is 0 Å². The first-order valence-electron chi connectivity index (χ1n) is 5.66. The summed E-state index contributed by atoms with van der Waals surface area (Å²) in [4.78, 5) is 10.9. The third-order valence-electron chi connectivity index (χ3n) is 2.40. The van der Waals surface area contributed by atoms with E-state index in [1.807, 2.05) is 31.2 Å². The van der Waals surface area contributed by atoms with E-state index in [0.29, 0.717) is 5.75 Å². The van der Waals surface area contributed by atoms with Crippen molar-refractivity contribution < 1.29 is 14.3 Å². The van der Waals surface area contributed by atoms with Gasteiger partial charge in [-0.25, -0.2) is 4.79 Å². The van der Waals surface area contributed by atoms with Crippen molar-refractivity contribution in [3.8, 4) is 5.75 Å². The second kappa shape index (κ2) is 8.78. The van der Waals surface area contributed by atoms with Gasteiger partial charge in [-0.3, -0.25) is 0 Å². The van der Waals surface area contributed by atoms with Crippen molar-refractivity contribution in [3.63, 3.8) is 0 Å². The highest BCUT2D eigenvalue weighted by Crippen LogP contribution is 2.13. The Kier molecular flexibility index (Phi) is 8.16. The molecule has 2 N–H and O–H groups in total. The summed E-state index contributed by atoms with van der Waals surface area (Å²) in [5, 5.41) is 0. The third kappa shape index (κ3) is 6.47. The summed E-state index contributed by atoms with van der Waals surface area (Å²) in [5.74, 6) is 0.283. The zero-order valence-corrected chi connectivity index (χ0v) is 11.5. The minimum absolute atomic E-state index is 0. The average molecular weight is 274 g/mol. The summed E-state index contributed by atoms with van der Waals surface area (Å²) < 4.78 is 9.72. The summed E-state index contributed by atoms with van der Waals surface area (Å²) in [5.41, 5.74) is 6.91. The molecule has 0 heterocycles. The molecule has 1 rings (SSSR count). The van der Waals surface area contributed by atoms with E-state index in [4.69, 9.17) is 10.5 Å².